The number of benzene rings is 9. The van der Waals surface area contributed by atoms with Crippen molar-refractivity contribution < 1.29 is 0 Å². The fourth-order valence-electron chi connectivity index (χ4n) is 7.52. The van der Waals surface area contributed by atoms with Gasteiger partial charge in [-0.2, -0.15) is 0 Å². The van der Waals surface area contributed by atoms with Gasteiger partial charge in [-0.05, 0) is 79.4 Å². The molecule has 51 heavy (non-hydrogen) atoms. The third kappa shape index (κ3) is 5.65. The molecule has 0 aliphatic carbocycles. The molecule has 9 rings (SSSR count). The van der Waals surface area contributed by atoms with Crippen molar-refractivity contribution in [1.29, 1.82) is 0 Å². The molecular formula is C50H35N. The highest BCUT2D eigenvalue weighted by Crippen LogP contribution is 2.50. The number of rotatable bonds is 7. The summed E-state index contributed by atoms with van der Waals surface area (Å²) in [5, 5.41) is 4.90. The van der Waals surface area contributed by atoms with Crippen LogP contribution in [0, 0.1) is 0 Å². The molecule has 9 aromatic carbocycles. The van der Waals surface area contributed by atoms with E-state index in [1.54, 1.807) is 0 Å². The highest BCUT2D eigenvalue weighted by atomic mass is 15.1. The molecule has 0 spiro atoms. The molecule has 240 valence electrons. The van der Waals surface area contributed by atoms with Crippen LogP contribution in [0.25, 0.3) is 66.1 Å². The second kappa shape index (κ2) is 13.3. The Labute approximate surface area is 299 Å². The predicted octanol–water partition coefficient (Wildman–Crippen LogP) is 14.1. The van der Waals surface area contributed by atoms with Crippen LogP contribution in [0.15, 0.2) is 212 Å². The molecule has 0 amide bonds. The number of fused-ring (bicyclic) bond motifs is 3. The summed E-state index contributed by atoms with van der Waals surface area (Å²) in [6.45, 7) is 0. The van der Waals surface area contributed by atoms with Gasteiger partial charge in [0.25, 0.3) is 0 Å². The van der Waals surface area contributed by atoms with E-state index in [0.29, 0.717) is 0 Å². The van der Waals surface area contributed by atoms with Gasteiger partial charge in [0.1, 0.15) is 0 Å². The Bertz CT molecular complexity index is 2620. The number of hydrogen-bond acceptors (Lipinski definition) is 1. The zero-order chi connectivity index (χ0) is 34.0. The lowest BCUT2D eigenvalue weighted by molar-refractivity contribution is 1.30. The average molecular weight is 650 g/mol. The molecule has 0 radical (unpaired) electrons. The quantitative estimate of drug-likeness (QED) is 0.155. The third-order valence-corrected chi connectivity index (χ3v) is 9.85. The molecule has 0 aromatic heterocycles. The summed E-state index contributed by atoms with van der Waals surface area (Å²) >= 11 is 0. The van der Waals surface area contributed by atoms with Crippen molar-refractivity contribution in [3.8, 4) is 44.5 Å². The van der Waals surface area contributed by atoms with Crippen molar-refractivity contribution in [2.75, 3.05) is 4.90 Å². The van der Waals surface area contributed by atoms with Gasteiger partial charge in [-0.15, -0.1) is 0 Å². The van der Waals surface area contributed by atoms with Crippen molar-refractivity contribution in [1.82, 2.24) is 0 Å². The number of hydrogen-bond donors (Lipinski definition) is 0. The Kier molecular flexibility index (Phi) is 7.92. The molecule has 1 heteroatoms. The average Bonchev–Trinajstić information content (AvgIpc) is 3.22. The van der Waals surface area contributed by atoms with Crippen molar-refractivity contribution in [3.63, 3.8) is 0 Å². The van der Waals surface area contributed by atoms with Crippen molar-refractivity contribution in [2.45, 2.75) is 0 Å². The van der Waals surface area contributed by atoms with Gasteiger partial charge >= 0.3 is 0 Å². The Morgan fingerprint density at radius 2 is 0.784 bits per heavy atom. The first kappa shape index (κ1) is 30.4. The van der Waals surface area contributed by atoms with Crippen molar-refractivity contribution in [3.05, 3.63) is 212 Å². The van der Waals surface area contributed by atoms with Crippen LogP contribution in [0.1, 0.15) is 0 Å². The standard InChI is InChI=1S/C50H35N/c1-4-18-36(19-5-1)39-25-16-26-41(34-39)51(49-35-40-24-10-11-28-43(40)45-29-13-14-30-46(45)49)48-33-17-32-44(38-22-8-3-9-23-38)50(48)47-31-15-12-27-42(47)37-20-6-2-7-21-37/h1-35H. The van der Waals surface area contributed by atoms with Crippen LogP contribution >= 0.6 is 0 Å². The molecular weight excluding hydrogens is 615 g/mol. The van der Waals surface area contributed by atoms with E-state index in [1.165, 1.54) is 66.1 Å². The van der Waals surface area contributed by atoms with E-state index in [2.05, 4.69) is 217 Å². The Balaban J connectivity index is 1.41. The summed E-state index contributed by atoms with van der Waals surface area (Å²) in [4.78, 5) is 2.49. The van der Waals surface area contributed by atoms with Crippen LogP contribution in [-0.2, 0) is 0 Å². The summed E-state index contributed by atoms with van der Waals surface area (Å²) in [6.07, 6.45) is 0. The molecule has 0 aliphatic rings. The van der Waals surface area contributed by atoms with Gasteiger partial charge in [0.15, 0.2) is 0 Å². The largest absolute Gasteiger partial charge is 0.309 e. The predicted molar refractivity (Wildman–Crippen MR) is 218 cm³/mol. The Morgan fingerprint density at radius 1 is 0.275 bits per heavy atom. The Hall–Kier alpha value is -6.70. The second-order valence-electron chi connectivity index (χ2n) is 12.9. The van der Waals surface area contributed by atoms with E-state index in [-0.39, 0.29) is 0 Å². The maximum Gasteiger partial charge on any atom is 0.0546 e. The van der Waals surface area contributed by atoms with Gasteiger partial charge in [-0.25, -0.2) is 0 Å². The third-order valence-electron chi connectivity index (χ3n) is 9.85. The van der Waals surface area contributed by atoms with Crippen LogP contribution in [-0.4, -0.2) is 0 Å². The Morgan fingerprint density at radius 3 is 1.51 bits per heavy atom. The maximum atomic E-state index is 2.49. The van der Waals surface area contributed by atoms with E-state index in [1.807, 2.05) is 0 Å². The first-order chi connectivity index (χ1) is 25.3. The fourth-order valence-corrected chi connectivity index (χ4v) is 7.52. The molecule has 0 heterocycles. The van der Waals surface area contributed by atoms with E-state index in [0.717, 1.165) is 17.1 Å². The normalized spacial score (nSPS) is 11.1. The molecule has 0 saturated heterocycles. The summed E-state index contributed by atoms with van der Waals surface area (Å²) in [5.41, 5.74) is 12.8. The lowest BCUT2D eigenvalue weighted by Gasteiger charge is -2.31. The van der Waals surface area contributed by atoms with Crippen molar-refractivity contribution >= 4 is 38.6 Å². The number of anilines is 3. The van der Waals surface area contributed by atoms with E-state index >= 15 is 0 Å². The van der Waals surface area contributed by atoms with Gasteiger partial charge in [-0.1, -0.05) is 188 Å². The minimum atomic E-state index is 1.10. The van der Waals surface area contributed by atoms with E-state index < -0.39 is 0 Å². The zero-order valence-corrected chi connectivity index (χ0v) is 28.2. The molecule has 0 atom stereocenters. The monoisotopic (exact) mass is 649 g/mol. The molecule has 1 nitrogen and oxygen atoms in total. The van der Waals surface area contributed by atoms with Crippen LogP contribution in [0.5, 0.6) is 0 Å². The SMILES string of the molecule is c1ccc(-c2cccc(N(c3cccc(-c4ccccc4)c3-c3ccccc3-c3ccccc3)c3cc4ccccc4c4ccccc34)c2)cc1. The smallest absolute Gasteiger partial charge is 0.0546 e. The summed E-state index contributed by atoms with van der Waals surface area (Å²) in [5.74, 6) is 0. The van der Waals surface area contributed by atoms with Gasteiger partial charge in [0, 0.05) is 16.6 Å². The summed E-state index contributed by atoms with van der Waals surface area (Å²) in [7, 11) is 0. The van der Waals surface area contributed by atoms with Gasteiger partial charge in [0.05, 0.1) is 11.4 Å². The van der Waals surface area contributed by atoms with E-state index in [4.69, 9.17) is 0 Å². The molecule has 0 fully saturated rings. The minimum absolute atomic E-state index is 1.10. The first-order valence-electron chi connectivity index (χ1n) is 17.5. The second-order valence-corrected chi connectivity index (χ2v) is 12.9. The molecule has 0 saturated carbocycles. The van der Waals surface area contributed by atoms with Crippen LogP contribution < -0.4 is 4.90 Å². The fraction of sp³-hybridized carbons (Fsp3) is 0. The molecule has 0 unspecified atom stereocenters. The lowest BCUT2D eigenvalue weighted by Crippen LogP contribution is -2.13. The van der Waals surface area contributed by atoms with Crippen molar-refractivity contribution in [2.24, 2.45) is 0 Å². The van der Waals surface area contributed by atoms with Gasteiger partial charge in [0.2, 0.25) is 0 Å². The highest BCUT2D eigenvalue weighted by molar-refractivity contribution is 6.15. The number of nitrogens with zero attached hydrogens (tertiary/aromatic N) is 1. The summed E-state index contributed by atoms with van der Waals surface area (Å²) < 4.78 is 0. The topological polar surface area (TPSA) is 3.24 Å². The molecule has 0 bridgehead atoms. The highest BCUT2D eigenvalue weighted by Gasteiger charge is 2.24. The van der Waals surface area contributed by atoms with Crippen LogP contribution in [0.2, 0.25) is 0 Å². The van der Waals surface area contributed by atoms with Crippen LogP contribution in [0.3, 0.4) is 0 Å². The van der Waals surface area contributed by atoms with Crippen LogP contribution in [0.4, 0.5) is 17.1 Å². The lowest BCUT2D eigenvalue weighted by atomic mass is 9.87. The van der Waals surface area contributed by atoms with E-state index in [9.17, 15) is 0 Å². The van der Waals surface area contributed by atoms with Gasteiger partial charge < -0.3 is 4.90 Å². The maximum absolute atomic E-state index is 2.49. The first-order valence-corrected chi connectivity index (χ1v) is 17.5. The molecule has 0 aliphatic heterocycles. The van der Waals surface area contributed by atoms with Gasteiger partial charge in [-0.3, -0.25) is 0 Å². The summed E-state index contributed by atoms with van der Waals surface area (Å²) in [6, 6.07) is 76.8. The minimum Gasteiger partial charge on any atom is -0.309 e. The zero-order valence-electron chi connectivity index (χ0n) is 28.2. The molecule has 0 N–H and O–H groups in total. The molecule has 9 aromatic rings.